The molecular weight excluding hydrogens is 411 g/mol. The van der Waals surface area contributed by atoms with Crippen molar-refractivity contribution in [2.75, 3.05) is 27.3 Å². The van der Waals surface area contributed by atoms with Gasteiger partial charge < -0.3 is 14.4 Å². The van der Waals surface area contributed by atoms with Gasteiger partial charge in [0, 0.05) is 25.2 Å². The molecule has 3 rings (SSSR count). The average molecular weight is 434 g/mol. The number of sulfonamides is 1. The predicted octanol–water partition coefficient (Wildman–Crippen LogP) is 2.51. The number of methoxy groups -OCH3 is 2. The maximum absolute atomic E-state index is 14.2. The second-order valence-corrected chi connectivity index (χ2v) is 8.47. The summed E-state index contributed by atoms with van der Waals surface area (Å²) in [4.78, 5) is 14.0. The first-order valence-corrected chi connectivity index (χ1v) is 10.7. The first-order chi connectivity index (χ1) is 14.3. The van der Waals surface area contributed by atoms with Gasteiger partial charge in [0.15, 0.2) is 11.5 Å². The van der Waals surface area contributed by atoms with E-state index in [1.807, 2.05) is 12.1 Å². The van der Waals surface area contributed by atoms with Crippen molar-refractivity contribution in [3.05, 3.63) is 65.5 Å². The quantitative estimate of drug-likeness (QED) is 0.677. The Balaban J connectivity index is 1.88. The number of fused-ring (bicyclic) bond motifs is 1. The first-order valence-electron chi connectivity index (χ1n) is 9.24. The van der Waals surface area contributed by atoms with Gasteiger partial charge in [-0.15, -0.1) is 6.58 Å². The van der Waals surface area contributed by atoms with E-state index in [1.54, 1.807) is 12.0 Å². The number of halogens is 1. The Morgan fingerprint density at radius 2 is 1.87 bits per heavy atom. The number of ether oxygens (including phenoxy) is 2. The highest BCUT2D eigenvalue weighted by Crippen LogP contribution is 2.33. The smallest absolute Gasteiger partial charge is 0.254 e. The Hall–Kier alpha value is -2.91. The van der Waals surface area contributed by atoms with Gasteiger partial charge in [0.1, 0.15) is 10.7 Å². The lowest BCUT2D eigenvalue weighted by molar-refractivity contribution is 0.0734. The van der Waals surface area contributed by atoms with Crippen LogP contribution in [0.25, 0.3) is 0 Å². The van der Waals surface area contributed by atoms with Gasteiger partial charge in [0.2, 0.25) is 10.0 Å². The van der Waals surface area contributed by atoms with Crippen LogP contribution in [0, 0.1) is 5.82 Å². The van der Waals surface area contributed by atoms with Gasteiger partial charge in [-0.3, -0.25) is 4.79 Å². The lowest BCUT2D eigenvalue weighted by Crippen LogP contribution is -2.36. The van der Waals surface area contributed by atoms with E-state index in [0.717, 1.165) is 23.3 Å². The number of nitrogens with zero attached hydrogens (tertiary/aromatic N) is 1. The number of nitrogens with one attached hydrogen (secondary N) is 1. The highest BCUT2D eigenvalue weighted by Gasteiger charge is 2.26. The van der Waals surface area contributed by atoms with Crippen LogP contribution in [0.5, 0.6) is 11.5 Å². The van der Waals surface area contributed by atoms with Crippen LogP contribution in [0.4, 0.5) is 4.39 Å². The van der Waals surface area contributed by atoms with E-state index in [-0.39, 0.29) is 18.0 Å². The standard InChI is InChI=1S/C21H23FN2O5S/c1-4-8-23-30(26,27)20-12-15(5-6-17(20)22)21(25)24-9-7-14-10-18(28-2)19(29-3)11-16(14)13-24/h4-6,10-12,23H,1,7-9,13H2,2-3H3. The molecule has 1 heterocycles. The summed E-state index contributed by atoms with van der Waals surface area (Å²) in [6.07, 6.45) is 1.95. The molecule has 0 atom stereocenters. The SMILES string of the molecule is C=CCNS(=O)(=O)c1cc(C(=O)N2CCc3cc(OC)c(OC)cc3C2)ccc1F. The number of hydrogen-bond donors (Lipinski definition) is 1. The zero-order valence-corrected chi connectivity index (χ0v) is 17.6. The Labute approximate surface area is 175 Å². The molecule has 0 spiro atoms. The van der Waals surface area contributed by atoms with Gasteiger partial charge in [-0.1, -0.05) is 6.08 Å². The normalized spacial score (nSPS) is 13.5. The van der Waals surface area contributed by atoms with Gasteiger partial charge in [-0.05, 0) is 47.9 Å². The van der Waals surface area contributed by atoms with Crippen molar-refractivity contribution < 1.29 is 27.1 Å². The van der Waals surface area contributed by atoms with Gasteiger partial charge in [-0.2, -0.15) is 0 Å². The average Bonchev–Trinajstić information content (AvgIpc) is 2.76. The molecule has 0 unspecified atom stereocenters. The number of benzene rings is 2. The molecule has 1 aliphatic rings. The molecule has 1 N–H and O–H groups in total. The Morgan fingerprint density at radius 1 is 1.20 bits per heavy atom. The van der Waals surface area contributed by atoms with E-state index in [1.165, 1.54) is 19.3 Å². The third-order valence-corrected chi connectivity index (χ3v) is 6.33. The molecule has 0 bridgehead atoms. The Kier molecular flexibility index (Phi) is 6.42. The molecule has 0 saturated carbocycles. The summed E-state index contributed by atoms with van der Waals surface area (Å²) in [5.74, 6) is -0.120. The third-order valence-electron chi connectivity index (χ3n) is 4.89. The van der Waals surface area contributed by atoms with E-state index >= 15 is 0 Å². The topological polar surface area (TPSA) is 84.9 Å². The summed E-state index contributed by atoms with van der Waals surface area (Å²) < 4.78 is 51.6. The van der Waals surface area contributed by atoms with Gasteiger partial charge in [-0.25, -0.2) is 17.5 Å². The number of amides is 1. The van der Waals surface area contributed by atoms with Crippen molar-refractivity contribution in [1.82, 2.24) is 9.62 Å². The van der Waals surface area contributed by atoms with Crippen LogP contribution in [0.3, 0.4) is 0 Å². The Bertz CT molecular complexity index is 1090. The minimum Gasteiger partial charge on any atom is -0.493 e. The van der Waals surface area contributed by atoms with Crippen LogP contribution >= 0.6 is 0 Å². The highest BCUT2D eigenvalue weighted by molar-refractivity contribution is 7.89. The molecule has 0 aromatic heterocycles. The van der Waals surface area contributed by atoms with Gasteiger partial charge in [0.25, 0.3) is 5.91 Å². The molecule has 0 radical (unpaired) electrons. The molecule has 30 heavy (non-hydrogen) atoms. The van der Waals surface area contributed by atoms with Crippen LogP contribution in [-0.2, 0) is 23.0 Å². The number of hydrogen-bond acceptors (Lipinski definition) is 5. The number of carbonyl (C=O) groups is 1. The molecule has 1 aliphatic heterocycles. The van der Waals surface area contributed by atoms with E-state index in [4.69, 9.17) is 9.47 Å². The molecule has 1 amide bonds. The van der Waals surface area contributed by atoms with Crippen LogP contribution in [0.2, 0.25) is 0 Å². The largest absolute Gasteiger partial charge is 0.493 e. The second-order valence-electron chi connectivity index (χ2n) is 6.74. The molecule has 7 nitrogen and oxygen atoms in total. The number of carbonyl (C=O) groups excluding carboxylic acids is 1. The summed E-state index contributed by atoms with van der Waals surface area (Å²) >= 11 is 0. The van der Waals surface area contributed by atoms with E-state index in [2.05, 4.69) is 11.3 Å². The highest BCUT2D eigenvalue weighted by atomic mass is 32.2. The number of rotatable bonds is 7. The molecule has 160 valence electrons. The van der Waals surface area contributed by atoms with E-state index in [9.17, 15) is 17.6 Å². The van der Waals surface area contributed by atoms with Crippen molar-refractivity contribution in [3.8, 4) is 11.5 Å². The minimum absolute atomic E-state index is 0.0475. The van der Waals surface area contributed by atoms with E-state index < -0.39 is 20.7 Å². The van der Waals surface area contributed by atoms with Gasteiger partial charge >= 0.3 is 0 Å². The minimum atomic E-state index is -4.10. The molecule has 2 aromatic rings. The van der Waals surface area contributed by atoms with Crippen molar-refractivity contribution in [1.29, 1.82) is 0 Å². The van der Waals surface area contributed by atoms with Crippen LogP contribution in [-0.4, -0.2) is 46.5 Å². The predicted molar refractivity (Wildman–Crippen MR) is 110 cm³/mol. The Morgan fingerprint density at radius 3 is 2.50 bits per heavy atom. The fraction of sp³-hybridized carbons (Fsp3) is 0.286. The van der Waals surface area contributed by atoms with Gasteiger partial charge in [0.05, 0.1) is 14.2 Å². The first kappa shape index (κ1) is 21.8. The zero-order chi connectivity index (χ0) is 21.9. The molecule has 0 saturated heterocycles. The molecule has 0 aliphatic carbocycles. The summed E-state index contributed by atoms with van der Waals surface area (Å²) in [5.41, 5.74) is 2.06. The summed E-state index contributed by atoms with van der Waals surface area (Å²) in [6, 6.07) is 7.06. The monoisotopic (exact) mass is 434 g/mol. The lowest BCUT2D eigenvalue weighted by Gasteiger charge is -2.30. The molecule has 9 heteroatoms. The lowest BCUT2D eigenvalue weighted by atomic mass is 9.98. The molecular formula is C21H23FN2O5S. The fourth-order valence-electron chi connectivity index (χ4n) is 3.33. The fourth-order valence-corrected chi connectivity index (χ4v) is 4.43. The van der Waals surface area contributed by atoms with Crippen molar-refractivity contribution >= 4 is 15.9 Å². The summed E-state index contributed by atoms with van der Waals surface area (Å²) in [5, 5.41) is 0. The zero-order valence-electron chi connectivity index (χ0n) is 16.8. The van der Waals surface area contributed by atoms with Crippen LogP contribution < -0.4 is 14.2 Å². The maximum Gasteiger partial charge on any atom is 0.254 e. The second kappa shape index (κ2) is 8.85. The summed E-state index contributed by atoms with van der Waals surface area (Å²) in [7, 11) is -1.00. The van der Waals surface area contributed by atoms with Crippen molar-refractivity contribution in [2.45, 2.75) is 17.9 Å². The molecule has 2 aromatic carbocycles. The van der Waals surface area contributed by atoms with Crippen molar-refractivity contribution in [2.24, 2.45) is 0 Å². The summed E-state index contributed by atoms with van der Waals surface area (Å²) in [6.45, 7) is 4.14. The maximum atomic E-state index is 14.2. The van der Waals surface area contributed by atoms with Crippen LogP contribution in [0.1, 0.15) is 21.5 Å². The molecule has 0 fully saturated rings. The van der Waals surface area contributed by atoms with Crippen LogP contribution in [0.15, 0.2) is 47.9 Å². The third kappa shape index (κ3) is 4.31. The van der Waals surface area contributed by atoms with Crippen molar-refractivity contribution in [3.63, 3.8) is 0 Å². The van der Waals surface area contributed by atoms with E-state index in [0.29, 0.717) is 31.0 Å².